The van der Waals surface area contributed by atoms with Crippen molar-refractivity contribution < 1.29 is 9.59 Å². The van der Waals surface area contributed by atoms with Gasteiger partial charge in [0.05, 0.1) is 12.6 Å². The van der Waals surface area contributed by atoms with Gasteiger partial charge in [0.15, 0.2) is 0 Å². The van der Waals surface area contributed by atoms with Crippen LogP contribution in [-0.2, 0) is 9.59 Å². The molecule has 1 aliphatic rings. The molecule has 1 saturated heterocycles. The molecule has 1 fully saturated rings. The van der Waals surface area contributed by atoms with Crippen LogP contribution in [0.15, 0.2) is 24.5 Å². The van der Waals surface area contributed by atoms with Crippen molar-refractivity contribution in [1.29, 1.82) is 0 Å². The van der Waals surface area contributed by atoms with Crippen LogP contribution in [0.2, 0.25) is 0 Å². The number of amides is 2. The Kier molecular flexibility index (Phi) is 2.85. The minimum atomic E-state index is -0.118. The van der Waals surface area contributed by atoms with Crippen LogP contribution in [0.3, 0.4) is 0 Å². The van der Waals surface area contributed by atoms with Crippen LogP contribution >= 0.6 is 0 Å². The van der Waals surface area contributed by atoms with E-state index in [-0.39, 0.29) is 30.9 Å². The summed E-state index contributed by atoms with van der Waals surface area (Å²) in [6, 6.07) is 3.60. The average molecular weight is 219 g/mol. The Morgan fingerprint density at radius 1 is 1.50 bits per heavy atom. The lowest BCUT2D eigenvalue weighted by Gasteiger charge is -2.32. The van der Waals surface area contributed by atoms with E-state index in [0.717, 1.165) is 5.56 Å². The van der Waals surface area contributed by atoms with E-state index in [1.165, 1.54) is 0 Å². The molecule has 84 valence electrons. The first kappa shape index (κ1) is 10.6. The number of rotatable bonds is 2. The highest BCUT2D eigenvalue weighted by molar-refractivity contribution is 5.92. The summed E-state index contributed by atoms with van der Waals surface area (Å²) < 4.78 is 0. The van der Waals surface area contributed by atoms with E-state index in [1.807, 2.05) is 19.1 Å². The summed E-state index contributed by atoms with van der Waals surface area (Å²) >= 11 is 0. The second-order valence-electron chi connectivity index (χ2n) is 3.76. The molecule has 1 aromatic heterocycles. The molecule has 1 aliphatic heterocycles. The largest absolute Gasteiger partial charge is 0.345 e. The number of nitrogens with zero attached hydrogens (tertiary/aromatic N) is 2. The van der Waals surface area contributed by atoms with Gasteiger partial charge in [0, 0.05) is 12.4 Å². The summed E-state index contributed by atoms with van der Waals surface area (Å²) in [5.74, 6) is -0.175. The summed E-state index contributed by atoms with van der Waals surface area (Å²) in [7, 11) is 0. The van der Waals surface area contributed by atoms with E-state index in [0.29, 0.717) is 0 Å². The first-order chi connectivity index (χ1) is 7.68. The van der Waals surface area contributed by atoms with Crippen molar-refractivity contribution in [2.24, 2.45) is 0 Å². The molecular weight excluding hydrogens is 206 g/mol. The minimum absolute atomic E-state index is 0.0593. The van der Waals surface area contributed by atoms with Gasteiger partial charge in [-0.2, -0.15) is 0 Å². The Labute approximate surface area is 93.5 Å². The molecule has 0 radical (unpaired) electrons. The number of hydrogen-bond acceptors (Lipinski definition) is 3. The molecule has 0 bridgehead atoms. The zero-order valence-corrected chi connectivity index (χ0v) is 9.01. The van der Waals surface area contributed by atoms with Gasteiger partial charge in [-0.25, -0.2) is 0 Å². The van der Waals surface area contributed by atoms with Gasteiger partial charge in [0.1, 0.15) is 6.54 Å². The molecule has 1 N–H and O–H groups in total. The summed E-state index contributed by atoms with van der Waals surface area (Å²) in [5.41, 5.74) is 0.936. The predicted octanol–water partition coefficient (Wildman–Crippen LogP) is 0.101. The topological polar surface area (TPSA) is 62.3 Å². The summed E-state index contributed by atoms with van der Waals surface area (Å²) in [4.78, 5) is 28.5. The van der Waals surface area contributed by atoms with Crippen molar-refractivity contribution in [1.82, 2.24) is 15.2 Å². The van der Waals surface area contributed by atoms with Crippen LogP contribution in [0, 0.1) is 0 Å². The molecule has 1 unspecified atom stereocenters. The molecular formula is C11H13N3O2. The fraction of sp³-hybridized carbons (Fsp3) is 0.364. The number of carbonyl (C=O) groups is 2. The van der Waals surface area contributed by atoms with E-state index >= 15 is 0 Å². The quantitative estimate of drug-likeness (QED) is 0.767. The summed E-state index contributed by atoms with van der Waals surface area (Å²) in [6.07, 6.45) is 3.39. The lowest BCUT2D eigenvalue weighted by Crippen LogP contribution is -2.52. The average Bonchev–Trinajstić information content (AvgIpc) is 2.32. The van der Waals surface area contributed by atoms with Crippen LogP contribution in [-0.4, -0.2) is 34.8 Å². The van der Waals surface area contributed by atoms with Crippen LogP contribution in [0.4, 0.5) is 0 Å². The molecule has 2 heterocycles. The molecule has 16 heavy (non-hydrogen) atoms. The zero-order chi connectivity index (χ0) is 11.5. The second-order valence-corrected chi connectivity index (χ2v) is 3.76. The van der Waals surface area contributed by atoms with E-state index in [9.17, 15) is 9.59 Å². The van der Waals surface area contributed by atoms with Gasteiger partial charge in [0.25, 0.3) is 0 Å². The van der Waals surface area contributed by atoms with Gasteiger partial charge < -0.3 is 10.2 Å². The Hall–Kier alpha value is -1.91. The third kappa shape index (κ3) is 2.03. The molecule has 2 amide bonds. The van der Waals surface area contributed by atoms with Gasteiger partial charge >= 0.3 is 0 Å². The van der Waals surface area contributed by atoms with Gasteiger partial charge in [0.2, 0.25) is 11.8 Å². The zero-order valence-electron chi connectivity index (χ0n) is 9.01. The van der Waals surface area contributed by atoms with E-state index in [4.69, 9.17) is 0 Å². The van der Waals surface area contributed by atoms with Gasteiger partial charge in [-0.1, -0.05) is 6.07 Å². The van der Waals surface area contributed by atoms with Crippen LogP contribution < -0.4 is 5.32 Å². The maximum Gasteiger partial charge on any atom is 0.242 e. The van der Waals surface area contributed by atoms with Gasteiger partial charge in [-0.3, -0.25) is 14.6 Å². The molecule has 0 spiro atoms. The molecule has 5 nitrogen and oxygen atoms in total. The molecule has 0 aromatic carbocycles. The monoisotopic (exact) mass is 219 g/mol. The van der Waals surface area contributed by atoms with Crippen molar-refractivity contribution in [3.05, 3.63) is 30.1 Å². The predicted molar refractivity (Wildman–Crippen MR) is 57.4 cm³/mol. The first-order valence-corrected chi connectivity index (χ1v) is 5.14. The number of piperazine rings is 1. The van der Waals surface area contributed by atoms with Crippen LogP contribution in [0.1, 0.15) is 18.5 Å². The Bertz CT molecular complexity index is 405. The number of hydrogen-bond donors (Lipinski definition) is 1. The highest BCUT2D eigenvalue weighted by atomic mass is 16.2. The normalized spacial score (nSPS) is 18.2. The third-order valence-corrected chi connectivity index (χ3v) is 2.71. The van der Waals surface area contributed by atoms with Crippen molar-refractivity contribution in [2.75, 3.05) is 13.1 Å². The highest BCUT2D eigenvalue weighted by Crippen LogP contribution is 2.19. The van der Waals surface area contributed by atoms with Crippen molar-refractivity contribution in [3.63, 3.8) is 0 Å². The maximum absolute atomic E-state index is 11.6. The minimum Gasteiger partial charge on any atom is -0.345 e. The van der Waals surface area contributed by atoms with Gasteiger partial charge in [-0.05, 0) is 18.6 Å². The Balaban J connectivity index is 2.17. The van der Waals surface area contributed by atoms with E-state index in [1.54, 1.807) is 17.3 Å². The van der Waals surface area contributed by atoms with Crippen molar-refractivity contribution >= 4 is 11.8 Å². The van der Waals surface area contributed by atoms with Crippen molar-refractivity contribution in [3.8, 4) is 0 Å². The maximum atomic E-state index is 11.6. The molecule has 1 atom stereocenters. The SMILES string of the molecule is CC(c1cccnc1)N1CC(=O)NCC1=O. The Morgan fingerprint density at radius 3 is 3.00 bits per heavy atom. The van der Waals surface area contributed by atoms with Crippen LogP contribution in [0.5, 0.6) is 0 Å². The number of aromatic nitrogens is 1. The molecule has 2 rings (SSSR count). The first-order valence-electron chi connectivity index (χ1n) is 5.14. The summed E-state index contributed by atoms with van der Waals surface area (Å²) in [6.45, 7) is 2.10. The molecule has 1 aromatic rings. The molecule has 0 aliphatic carbocycles. The third-order valence-electron chi connectivity index (χ3n) is 2.71. The smallest absolute Gasteiger partial charge is 0.242 e. The van der Waals surface area contributed by atoms with Crippen molar-refractivity contribution in [2.45, 2.75) is 13.0 Å². The van der Waals surface area contributed by atoms with E-state index in [2.05, 4.69) is 10.3 Å². The fourth-order valence-corrected chi connectivity index (χ4v) is 1.73. The number of nitrogens with one attached hydrogen (secondary N) is 1. The lowest BCUT2D eigenvalue weighted by atomic mass is 10.1. The second kappa shape index (κ2) is 4.30. The summed E-state index contributed by atoms with van der Waals surface area (Å²) in [5, 5.41) is 2.52. The van der Waals surface area contributed by atoms with Crippen LogP contribution in [0.25, 0.3) is 0 Å². The van der Waals surface area contributed by atoms with Gasteiger partial charge in [-0.15, -0.1) is 0 Å². The fourth-order valence-electron chi connectivity index (χ4n) is 1.73. The standard InChI is InChI=1S/C11H13N3O2/c1-8(9-3-2-4-12-5-9)14-7-10(15)13-6-11(14)16/h2-5,8H,6-7H2,1H3,(H,13,15). The lowest BCUT2D eigenvalue weighted by molar-refractivity contribution is -0.142. The number of pyridine rings is 1. The highest BCUT2D eigenvalue weighted by Gasteiger charge is 2.27. The molecule has 0 saturated carbocycles. The van der Waals surface area contributed by atoms with E-state index < -0.39 is 0 Å². The number of carbonyl (C=O) groups excluding carboxylic acids is 2. The molecule has 5 heteroatoms. The Morgan fingerprint density at radius 2 is 2.31 bits per heavy atom.